The van der Waals surface area contributed by atoms with Gasteiger partial charge < -0.3 is 15.2 Å². The molecule has 2 N–H and O–H groups in total. The summed E-state index contributed by atoms with van der Waals surface area (Å²) < 4.78 is 10.4. The highest BCUT2D eigenvalue weighted by molar-refractivity contribution is 7.11. The van der Waals surface area contributed by atoms with Crippen molar-refractivity contribution in [3.8, 4) is 5.75 Å². The van der Waals surface area contributed by atoms with Crippen molar-refractivity contribution >= 4 is 23.0 Å². The Morgan fingerprint density at radius 2 is 2.00 bits per heavy atom. The molecule has 1 aromatic carbocycles. The van der Waals surface area contributed by atoms with E-state index in [2.05, 4.69) is 13.0 Å². The minimum atomic E-state index is -0.430. The lowest BCUT2D eigenvalue weighted by atomic mass is 10.2. The molecule has 1 heterocycles. The van der Waals surface area contributed by atoms with Gasteiger partial charge in [0.25, 0.3) is 0 Å². The Hall–Kier alpha value is -2.01. The average Bonchev–Trinajstić information content (AvgIpc) is 2.92. The Kier molecular flexibility index (Phi) is 4.63. The third kappa shape index (κ3) is 3.30. The van der Waals surface area contributed by atoms with Gasteiger partial charge >= 0.3 is 5.97 Å². The van der Waals surface area contributed by atoms with E-state index in [1.165, 1.54) is 12.0 Å². The zero-order chi connectivity index (χ0) is 14.5. The first kappa shape index (κ1) is 14.4. The van der Waals surface area contributed by atoms with Crippen molar-refractivity contribution in [2.24, 2.45) is 0 Å². The second-order valence-corrected chi connectivity index (χ2v) is 5.51. The normalized spacial score (nSPS) is 10.3. The number of hydrogen-bond acceptors (Lipinski definition) is 5. The van der Waals surface area contributed by atoms with Crippen molar-refractivity contribution in [1.82, 2.24) is 0 Å². The monoisotopic (exact) mass is 291 g/mol. The molecule has 0 radical (unpaired) electrons. The van der Waals surface area contributed by atoms with Gasteiger partial charge in [-0.3, -0.25) is 0 Å². The van der Waals surface area contributed by atoms with E-state index in [9.17, 15) is 4.79 Å². The van der Waals surface area contributed by atoms with E-state index in [-0.39, 0.29) is 6.61 Å². The summed E-state index contributed by atoms with van der Waals surface area (Å²) in [5, 5.41) is 0. The molecule has 1 aromatic heterocycles. The summed E-state index contributed by atoms with van der Waals surface area (Å²) in [5.41, 5.74) is 6.54. The summed E-state index contributed by atoms with van der Waals surface area (Å²) in [7, 11) is 1.51. The Morgan fingerprint density at radius 1 is 1.25 bits per heavy atom. The van der Waals surface area contributed by atoms with E-state index < -0.39 is 5.97 Å². The maximum atomic E-state index is 12.1. The quantitative estimate of drug-likeness (QED) is 0.678. The SMILES string of the molecule is CCc1ccc(COC(=O)c2cc(N)ccc2OC)s1. The first-order valence-electron chi connectivity index (χ1n) is 6.32. The van der Waals surface area contributed by atoms with Gasteiger partial charge in [-0.05, 0) is 36.8 Å². The van der Waals surface area contributed by atoms with Gasteiger partial charge in [-0.2, -0.15) is 0 Å². The lowest BCUT2D eigenvalue weighted by Gasteiger charge is -2.08. The molecular formula is C15H17NO3S. The molecule has 4 nitrogen and oxygen atoms in total. The number of hydrogen-bond donors (Lipinski definition) is 1. The molecule has 0 atom stereocenters. The minimum absolute atomic E-state index is 0.265. The molecule has 0 aliphatic carbocycles. The molecule has 0 saturated carbocycles. The van der Waals surface area contributed by atoms with E-state index in [0.717, 1.165) is 11.3 Å². The van der Waals surface area contributed by atoms with Crippen LogP contribution in [-0.4, -0.2) is 13.1 Å². The summed E-state index contributed by atoms with van der Waals surface area (Å²) in [6.45, 7) is 2.36. The fourth-order valence-corrected chi connectivity index (χ4v) is 2.66. The van der Waals surface area contributed by atoms with Gasteiger partial charge in [0.1, 0.15) is 17.9 Å². The maximum absolute atomic E-state index is 12.1. The van der Waals surface area contributed by atoms with Crippen LogP contribution in [0.5, 0.6) is 5.75 Å². The number of methoxy groups -OCH3 is 1. The van der Waals surface area contributed by atoms with E-state index in [1.807, 2.05) is 6.07 Å². The van der Waals surface area contributed by atoms with E-state index in [4.69, 9.17) is 15.2 Å². The number of nitrogens with two attached hydrogens (primary N) is 1. The summed E-state index contributed by atoms with van der Waals surface area (Å²) in [5.74, 6) is 0.0326. The molecule has 20 heavy (non-hydrogen) atoms. The minimum Gasteiger partial charge on any atom is -0.496 e. The van der Waals surface area contributed by atoms with Crippen LogP contribution in [0.25, 0.3) is 0 Å². The van der Waals surface area contributed by atoms with Crippen molar-refractivity contribution < 1.29 is 14.3 Å². The summed E-state index contributed by atoms with van der Waals surface area (Å²) in [6.07, 6.45) is 0.988. The number of carbonyl (C=O) groups is 1. The molecule has 2 rings (SSSR count). The molecule has 0 spiro atoms. The number of ether oxygens (including phenoxy) is 2. The second-order valence-electron chi connectivity index (χ2n) is 4.26. The number of nitrogen functional groups attached to an aromatic ring is 1. The predicted octanol–water partition coefficient (Wildman–Crippen LogP) is 3.26. The lowest BCUT2D eigenvalue weighted by molar-refractivity contribution is 0.0473. The van der Waals surface area contributed by atoms with Crippen molar-refractivity contribution in [1.29, 1.82) is 0 Å². The van der Waals surface area contributed by atoms with Crippen molar-refractivity contribution in [3.05, 3.63) is 45.6 Å². The van der Waals surface area contributed by atoms with Crippen LogP contribution in [0.2, 0.25) is 0 Å². The molecule has 0 aliphatic heterocycles. The van der Waals surface area contributed by atoms with E-state index in [1.54, 1.807) is 29.5 Å². The number of rotatable bonds is 5. The number of anilines is 1. The van der Waals surface area contributed by atoms with Crippen LogP contribution in [0.3, 0.4) is 0 Å². The van der Waals surface area contributed by atoms with Gasteiger partial charge in [0.15, 0.2) is 0 Å². The smallest absolute Gasteiger partial charge is 0.342 e. The van der Waals surface area contributed by atoms with Crippen LogP contribution < -0.4 is 10.5 Å². The van der Waals surface area contributed by atoms with Gasteiger partial charge in [-0.25, -0.2) is 4.79 Å². The first-order valence-corrected chi connectivity index (χ1v) is 7.14. The van der Waals surface area contributed by atoms with Crippen LogP contribution in [-0.2, 0) is 17.8 Å². The molecule has 0 aliphatic rings. The average molecular weight is 291 g/mol. The largest absolute Gasteiger partial charge is 0.496 e. The van der Waals surface area contributed by atoms with Crippen molar-refractivity contribution in [3.63, 3.8) is 0 Å². The van der Waals surface area contributed by atoms with Crippen LogP contribution in [0.15, 0.2) is 30.3 Å². The highest BCUT2D eigenvalue weighted by Gasteiger charge is 2.14. The zero-order valence-electron chi connectivity index (χ0n) is 11.5. The third-order valence-corrected chi connectivity index (χ3v) is 4.06. The molecule has 0 bridgehead atoms. The summed E-state index contributed by atoms with van der Waals surface area (Å²) in [4.78, 5) is 14.4. The standard InChI is InChI=1S/C15H17NO3S/c1-3-11-5-6-12(20-11)9-19-15(17)13-8-10(16)4-7-14(13)18-2/h4-8H,3,9,16H2,1-2H3. The van der Waals surface area contributed by atoms with Crippen LogP contribution in [0, 0.1) is 0 Å². The van der Waals surface area contributed by atoms with Crippen LogP contribution in [0.4, 0.5) is 5.69 Å². The molecule has 0 fully saturated rings. The molecular weight excluding hydrogens is 274 g/mol. The van der Waals surface area contributed by atoms with Crippen molar-refractivity contribution in [2.75, 3.05) is 12.8 Å². The number of benzene rings is 1. The van der Waals surface area contributed by atoms with Crippen molar-refractivity contribution in [2.45, 2.75) is 20.0 Å². The van der Waals surface area contributed by atoms with Gasteiger partial charge in [0, 0.05) is 15.4 Å². The van der Waals surface area contributed by atoms with Gasteiger partial charge in [0.05, 0.1) is 7.11 Å². The third-order valence-electron chi connectivity index (χ3n) is 2.85. The van der Waals surface area contributed by atoms with Crippen LogP contribution in [0.1, 0.15) is 27.0 Å². The number of esters is 1. The Labute approximate surface area is 122 Å². The van der Waals surface area contributed by atoms with Crippen LogP contribution >= 0.6 is 11.3 Å². The van der Waals surface area contributed by atoms with Gasteiger partial charge in [-0.1, -0.05) is 6.92 Å². The molecule has 2 aromatic rings. The van der Waals surface area contributed by atoms with E-state index in [0.29, 0.717) is 17.0 Å². The van der Waals surface area contributed by atoms with E-state index >= 15 is 0 Å². The molecule has 0 unspecified atom stereocenters. The fraction of sp³-hybridized carbons (Fsp3) is 0.267. The summed E-state index contributed by atoms with van der Waals surface area (Å²) in [6, 6.07) is 8.93. The second kappa shape index (κ2) is 6.43. The molecule has 5 heteroatoms. The fourth-order valence-electron chi connectivity index (χ4n) is 1.79. The molecule has 0 amide bonds. The number of aryl methyl sites for hydroxylation is 1. The first-order chi connectivity index (χ1) is 9.63. The molecule has 0 saturated heterocycles. The topological polar surface area (TPSA) is 61.5 Å². The zero-order valence-corrected chi connectivity index (χ0v) is 12.3. The Balaban J connectivity index is 2.06. The number of carbonyl (C=O) groups excluding carboxylic acids is 1. The highest BCUT2D eigenvalue weighted by atomic mass is 32.1. The highest BCUT2D eigenvalue weighted by Crippen LogP contribution is 2.23. The molecule has 106 valence electrons. The lowest BCUT2D eigenvalue weighted by Crippen LogP contribution is -2.07. The Morgan fingerprint density at radius 3 is 2.65 bits per heavy atom. The Bertz CT molecular complexity index is 607. The van der Waals surface area contributed by atoms with Gasteiger partial charge in [0.2, 0.25) is 0 Å². The number of thiophene rings is 1. The summed E-state index contributed by atoms with van der Waals surface area (Å²) >= 11 is 1.65. The van der Waals surface area contributed by atoms with Gasteiger partial charge in [-0.15, -0.1) is 11.3 Å². The maximum Gasteiger partial charge on any atom is 0.342 e. The predicted molar refractivity (Wildman–Crippen MR) is 80.2 cm³/mol.